The van der Waals surface area contributed by atoms with Gasteiger partial charge >= 0.3 is 5.69 Å². The first-order valence-electron chi connectivity index (χ1n) is 6.86. The predicted molar refractivity (Wildman–Crippen MR) is 79.4 cm³/mol. The summed E-state index contributed by atoms with van der Waals surface area (Å²) in [4.78, 5) is 16.6. The molecule has 1 fully saturated rings. The van der Waals surface area contributed by atoms with Gasteiger partial charge in [-0.3, -0.25) is 0 Å². The summed E-state index contributed by atoms with van der Waals surface area (Å²) in [5.41, 5.74) is 6.69. The second kappa shape index (κ2) is 4.97. The summed E-state index contributed by atoms with van der Waals surface area (Å²) in [6, 6.07) is 4.42. The summed E-state index contributed by atoms with van der Waals surface area (Å²) in [6.45, 7) is 2.83. The number of fused-ring (bicyclic) bond motifs is 1. The number of nitrogens with one attached hydrogen (secondary N) is 2. The lowest BCUT2D eigenvalue weighted by molar-refractivity contribution is 0.253. The number of H-pyrrole nitrogens is 2. The number of nitrogens with two attached hydrogens (primary N) is 1. The SMILES string of the molecule is CC1CCN(S(=O)(=O)c2ccc3[nH]c(=O)[nH]c3c2)CC1N. The Kier molecular flexibility index (Phi) is 3.39. The van der Waals surface area contributed by atoms with Crippen LogP contribution in [0.15, 0.2) is 27.9 Å². The van der Waals surface area contributed by atoms with Gasteiger partial charge in [0.1, 0.15) is 0 Å². The van der Waals surface area contributed by atoms with Gasteiger partial charge in [0.05, 0.1) is 15.9 Å². The van der Waals surface area contributed by atoms with Gasteiger partial charge in [0.15, 0.2) is 0 Å². The van der Waals surface area contributed by atoms with Crippen molar-refractivity contribution in [1.82, 2.24) is 14.3 Å². The van der Waals surface area contributed by atoms with E-state index in [1.165, 1.54) is 16.4 Å². The van der Waals surface area contributed by atoms with Crippen molar-refractivity contribution in [1.29, 1.82) is 0 Å². The van der Waals surface area contributed by atoms with Gasteiger partial charge in [-0.15, -0.1) is 0 Å². The molecule has 2 atom stereocenters. The van der Waals surface area contributed by atoms with Crippen LogP contribution in [0, 0.1) is 5.92 Å². The maximum absolute atomic E-state index is 12.7. The molecule has 7 nitrogen and oxygen atoms in total. The van der Waals surface area contributed by atoms with E-state index in [2.05, 4.69) is 9.97 Å². The molecule has 1 aliphatic rings. The number of imidazole rings is 1. The maximum atomic E-state index is 12.7. The lowest BCUT2D eigenvalue weighted by Gasteiger charge is -2.34. The van der Waals surface area contributed by atoms with Crippen LogP contribution in [0.4, 0.5) is 0 Å². The summed E-state index contributed by atoms with van der Waals surface area (Å²) >= 11 is 0. The third-order valence-corrected chi connectivity index (χ3v) is 5.97. The monoisotopic (exact) mass is 310 g/mol. The molecule has 0 aliphatic carbocycles. The topological polar surface area (TPSA) is 112 Å². The Morgan fingerprint density at radius 3 is 2.71 bits per heavy atom. The van der Waals surface area contributed by atoms with Crippen LogP contribution in [0.2, 0.25) is 0 Å². The highest BCUT2D eigenvalue weighted by Crippen LogP contribution is 2.24. The number of hydrogen-bond donors (Lipinski definition) is 3. The highest BCUT2D eigenvalue weighted by molar-refractivity contribution is 7.89. The standard InChI is InChI=1S/C13H18N4O3S/c1-8-4-5-17(7-10(8)14)21(19,20)9-2-3-11-12(6-9)16-13(18)15-11/h2-3,6,8,10H,4-5,7,14H2,1H3,(H2,15,16,18). The minimum atomic E-state index is -3.58. The molecule has 2 unspecified atom stereocenters. The smallest absolute Gasteiger partial charge is 0.323 e. The third kappa shape index (κ3) is 2.50. The highest BCUT2D eigenvalue weighted by atomic mass is 32.2. The zero-order chi connectivity index (χ0) is 15.2. The lowest BCUT2D eigenvalue weighted by Crippen LogP contribution is -2.49. The molecular weight excluding hydrogens is 292 g/mol. The molecule has 21 heavy (non-hydrogen) atoms. The van der Waals surface area contributed by atoms with Crippen molar-refractivity contribution < 1.29 is 8.42 Å². The number of nitrogens with zero attached hydrogens (tertiary/aromatic N) is 1. The van der Waals surface area contributed by atoms with E-state index in [-0.39, 0.29) is 16.6 Å². The first-order chi connectivity index (χ1) is 9.88. The van der Waals surface area contributed by atoms with Crippen LogP contribution in [-0.4, -0.2) is 41.8 Å². The van der Waals surface area contributed by atoms with E-state index in [0.29, 0.717) is 30.0 Å². The zero-order valence-electron chi connectivity index (χ0n) is 11.7. The minimum absolute atomic E-state index is 0.149. The number of hydrogen-bond acceptors (Lipinski definition) is 4. The van der Waals surface area contributed by atoms with Crippen LogP contribution < -0.4 is 11.4 Å². The maximum Gasteiger partial charge on any atom is 0.323 e. The summed E-state index contributed by atoms with van der Waals surface area (Å²) in [5.74, 6) is 0.319. The van der Waals surface area contributed by atoms with E-state index in [1.54, 1.807) is 6.07 Å². The van der Waals surface area contributed by atoms with E-state index in [9.17, 15) is 13.2 Å². The molecule has 114 valence electrons. The molecule has 2 heterocycles. The molecule has 0 radical (unpaired) electrons. The summed E-state index contributed by atoms with van der Waals surface area (Å²) < 4.78 is 26.7. The molecule has 0 spiro atoms. The fraction of sp³-hybridized carbons (Fsp3) is 0.462. The molecule has 3 rings (SSSR count). The molecule has 1 aliphatic heterocycles. The first kappa shape index (κ1) is 14.3. The molecule has 0 amide bonds. The molecule has 1 aromatic heterocycles. The Bertz CT molecular complexity index is 823. The van der Waals surface area contributed by atoms with Gasteiger partial charge in [0.25, 0.3) is 0 Å². The van der Waals surface area contributed by atoms with Crippen molar-refractivity contribution in [2.24, 2.45) is 11.7 Å². The Morgan fingerprint density at radius 2 is 2.00 bits per heavy atom. The van der Waals surface area contributed by atoms with E-state index in [4.69, 9.17) is 5.73 Å². The zero-order valence-corrected chi connectivity index (χ0v) is 12.5. The van der Waals surface area contributed by atoms with E-state index < -0.39 is 10.0 Å². The predicted octanol–water partition coefficient (Wildman–Crippen LogP) is 0.214. The van der Waals surface area contributed by atoms with Gasteiger partial charge in [0.2, 0.25) is 10.0 Å². The van der Waals surface area contributed by atoms with Gasteiger partial charge in [0, 0.05) is 19.1 Å². The highest BCUT2D eigenvalue weighted by Gasteiger charge is 2.32. The summed E-state index contributed by atoms with van der Waals surface area (Å²) in [7, 11) is -3.58. The van der Waals surface area contributed by atoms with Gasteiger partial charge in [-0.2, -0.15) is 4.31 Å². The molecule has 4 N–H and O–H groups in total. The lowest BCUT2D eigenvalue weighted by atomic mass is 9.96. The molecule has 1 saturated heterocycles. The number of aromatic nitrogens is 2. The largest absolute Gasteiger partial charge is 0.326 e. The van der Waals surface area contributed by atoms with Crippen molar-refractivity contribution in [3.63, 3.8) is 0 Å². The molecular formula is C13H18N4O3S. The Balaban J connectivity index is 1.97. The number of rotatable bonds is 2. The van der Waals surface area contributed by atoms with Crippen molar-refractivity contribution in [2.75, 3.05) is 13.1 Å². The number of benzene rings is 1. The summed E-state index contributed by atoms with van der Waals surface area (Å²) in [5, 5.41) is 0. The Labute approximate surface area is 122 Å². The molecule has 0 saturated carbocycles. The van der Waals surface area contributed by atoms with E-state index >= 15 is 0 Å². The van der Waals surface area contributed by atoms with Crippen LogP contribution in [0.5, 0.6) is 0 Å². The van der Waals surface area contributed by atoms with E-state index in [1.807, 2.05) is 6.92 Å². The second-order valence-electron chi connectivity index (χ2n) is 5.58. The fourth-order valence-corrected chi connectivity index (χ4v) is 4.13. The average Bonchev–Trinajstić information content (AvgIpc) is 2.80. The van der Waals surface area contributed by atoms with Crippen LogP contribution in [0.3, 0.4) is 0 Å². The van der Waals surface area contributed by atoms with Crippen molar-refractivity contribution >= 4 is 21.1 Å². The van der Waals surface area contributed by atoms with Crippen LogP contribution in [-0.2, 0) is 10.0 Å². The van der Waals surface area contributed by atoms with Crippen molar-refractivity contribution in [3.8, 4) is 0 Å². The molecule has 2 aromatic rings. The third-order valence-electron chi connectivity index (χ3n) is 4.10. The van der Waals surface area contributed by atoms with Crippen LogP contribution in [0.1, 0.15) is 13.3 Å². The normalized spacial score (nSPS) is 24.5. The second-order valence-corrected chi connectivity index (χ2v) is 7.52. The minimum Gasteiger partial charge on any atom is -0.326 e. The molecule has 8 heteroatoms. The average molecular weight is 310 g/mol. The van der Waals surface area contributed by atoms with Gasteiger partial charge < -0.3 is 15.7 Å². The Morgan fingerprint density at radius 1 is 1.29 bits per heavy atom. The molecule has 1 aromatic carbocycles. The fourth-order valence-electron chi connectivity index (χ4n) is 2.61. The number of sulfonamides is 1. The summed E-state index contributed by atoms with van der Waals surface area (Å²) in [6.07, 6.45) is 0.754. The van der Waals surface area contributed by atoms with Gasteiger partial charge in [-0.05, 0) is 30.5 Å². The Hall–Kier alpha value is -1.64. The van der Waals surface area contributed by atoms with Gasteiger partial charge in [-0.1, -0.05) is 6.92 Å². The van der Waals surface area contributed by atoms with E-state index in [0.717, 1.165) is 6.42 Å². The molecule has 0 bridgehead atoms. The number of aromatic amines is 2. The van der Waals surface area contributed by atoms with Crippen molar-refractivity contribution in [3.05, 3.63) is 28.7 Å². The quantitative estimate of drug-likeness (QED) is 0.736. The van der Waals surface area contributed by atoms with Crippen LogP contribution >= 0.6 is 0 Å². The first-order valence-corrected chi connectivity index (χ1v) is 8.30. The number of piperidine rings is 1. The van der Waals surface area contributed by atoms with Crippen LogP contribution in [0.25, 0.3) is 11.0 Å². The van der Waals surface area contributed by atoms with Crippen molar-refractivity contribution in [2.45, 2.75) is 24.3 Å². The van der Waals surface area contributed by atoms with Gasteiger partial charge in [-0.25, -0.2) is 13.2 Å².